The fraction of sp³-hybridized carbons (Fsp3) is 0.263. The van der Waals surface area contributed by atoms with E-state index in [1.165, 1.54) is 49.6 Å². The first-order valence-corrected chi connectivity index (χ1v) is 10.9. The van der Waals surface area contributed by atoms with Crippen molar-refractivity contribution in [2.75, 3.05) is 19.0 Å². The molecule has 0 aliphatic rings. The predicted molar refractivity (Wildman–Crippen MR) is 128 cm³/mol. The number of non-ortho nitro benzene ring substituents is 1. The van der Waals surface area contributed by atoms with E-state index in [1.807, 2.05) is 0 Å². The van der Waals surface area contributed by atoms with Gasteiger partial charge in [0.1, 0.15) is 16.7 Å². The normalized spacial score (nSPS) is 11.5. The molecule has 0 saturated carbocycles. The minimum atomic E-state index is -4.12. The zero-order valence-electron chi connectivity index (χ0n) is 17.6. The van der Waals surface area contributed by atoms with E-state index in [1.54, 1.807) is 6.07 Å². The third-order valence-electron chi connectivity index (χ3n) is 4.30. The van der Waals surface area contributed by atoms with Gasteiger partial charge in [0.25, 0.3) is 5.69 Å². The summed E-state index contributed by atoms with van der Waals surface area (Å²) in [7, 11) is -2.79. The number of nitrogens with two attached hydrogens (primary N) is 1. The molecule has 0 aliphatic heterocycles. The minimum Gasteiger partial charge on any atom is -0.495 e. The topological polar surface area (TPSA) is 190 Å². The van der Waals surface area contributed by atoms with Crippen LogP contribution in [0.2, 0.25) is 0 Å². The van der Waals surface area contributed by atoms with Crippen molar-refractivity contribution in [1.29, 1.82) is 5.41 Å². The van der Waals surface area contributed by atoms with E-state index in [4.69, 9.17) is 15.9 Å². The van der Waals surface area contributed by atoms with Gasteiger partial charge in [-0.05, 0) is 37.1 Å². The van der Waals surface area contributed by atoms with Crippen LogP contribution in [-0.4, -0.2) is 44.9 Å². The number of carbonyl (C=O) groups excluding carboxylic acids is 1. The van der Waals surface area contributed by atoms with Crippen LogP contribution in [0.25, 0.3) is 0 Å². The Morgan fingerprint density at radius 1 is 1.21 bits per heavy atom. The second-order valence-electron chi connectivity index (χ2n) is 6.60. The number of benzene rings is 2. The van der Waals surface area contributed by atoms with Crippen molar-refractivity contribution < 1.29 is 22.9 Å². The number of halogens is 1. The van der Waals surface area contributed by atoms with Crippen molar-refractivity contribution in [1.82, 2.24) is 10.0 Å². The van der Waals surface area contributed by atoms with Crippen LogP contribution in [0.5, 0.6) is 5.75 Å². The van der Waals surface area contributed by atoms with Crippen molar-refractivity contribution in [3.8, 4) is 5.75 Å². The van der Waals surface area contributed by atoms with Crippen LogP contribution in [0.3, 0.4) is 0 Å². The highest BCUT2D eigenvalue weighted by Crippen LogP contribution is 2.23. The Bertz CT molecular complexity index is 1080. The third kappa shape index (κ3) is 8.32. The highest BCUT2D eigenvalue weighted by molar-refractivity contribution is 8.93. The number of nitrogens with zero attached hydrogens (tertiary/aromatic N) is 1. The fourth-order valence-electron chi connectivity index (χ4n) is 2.76. The molecule has 0 aliphatic carbocycles. The number of carbonyl (C=O) groups is 1. The summed E-state index contributed by atoms with van der Waals surface area (Å²) in [6.45, 7) is 0.257. The summed E-state index contributed by atoms with van der Waals surface area (Å²) in [6.07, 6.45) is 0.417. The second kappa shape index (κ2) is 12.7. The Morgan fingerprint density at radius 3 is 2.42 bits per heavy atom. The molecule has 1 amide bonds. The molecular weight excluding hydrogens is 520 g/mol. The summed E-state index contributed by atoms with van der Waals surface area (Å²) in [6, 6.07) is 9.94. The molecule has 14 heteroatoms. The van der Waals surface area contributed by atoms with E-state index in [2.05, 4.69) is 15.4 Å². The van der Waals surface area contributed by atoms with E-state index >= 15 is 0 Å². The van der Waals surface area contributed by atoms with Crippen molar-refractivity contribution in [3.63, 3.8) is 0 Å². The summed E-state index contributed by atoms with van der Waals surface area (Å²) in [5.41, 5.74) is 5.36. The van der Waals surface area contributed by atoms with Crippen LogP contribution in [0.1, 0.15) is 12.8 Å². The Labute approximate surface area is 201 Å². The lowest BCUT2D eigenvalue weighted by Gasteiger charge is -2.19. The number of ether oxygens (including phenoxy) is 1. The maximum atomic E-state index is 12.9. The zero-order chi connectivity index (χ0) is 23.7. The highest BCUT2D eigenvalue weighted by Gasteiger charge is 2.27. The Balaban J connectivity index is 0.00000544. The number of guanidine groups is 1. The summed E-state index contributed by atoms with van der Waals surface area (Å²) in [5, 5.41) is 23.1. The van der Waals surface area contributed by atoms with Crippen LogP contribution in [-0.2, 0) is 14.8 Å². The number of hydrogen-bond donors (Lipinski definition) is 5. The number of sulfonamides is 1. The average molecular weight is 545 g/mol. The lowest BCUT2D eigenvalue weighted by atomic mass is 10.1. The molecule has 0 unspecified atom stereocenters. The predicted octanol–water partition coefficient (Wildman–Crippen LogP) is 1.73. The number of nitrogens with one attached hydrogen (secondary N) is 4. The lowest BCUT2D eigenvalue weighted by Crippen LogP contribution is -2.44. The van der Waals surface area contributed by atoms with Crippen LogP contribution in [0, 0.1) is 15.5 Å². The number of nitro groups is 1. The molecule has 0 aromatic heterocycles. The van der Waals surface area contributed by atoms with Crippen LogP contribution < -0.4 is 25.8 Å². The van der Waals surface area contributed by atoms with Gasteiger partial charge in [0, 0.05) is 24.4 Å². The van der Waals surface area contributed by atoms with Crippen molar-refractivity contribution in [2.24, 2.45) is 5.73 Å². The maximum absolute atomic E-state index is 12.9. The molecule has 180 valence electrons. The number of anilines is 1. The number of amides is 1. The standard InChI is InChI=1S/C19H24N6O6S.BrH/c1-31-16-6-2-3-7-17(16)32(29,30)24-15(5-4-12-22-19(20)21)18(26)23-13-8-10-14(11-9-13)25(27)28;/h2-3,6-11,15,24H,4-5,12H2,1H3,(H,23,26)(H4,20,21,22);1H/t15-;/m0./s1. The van der Waals surface area contributed by atoms with Crippen molar-refractivity contribution >= 4 is 50.2 Å². The third-order valence-corrected chi connectivity index (χ3v) is 5.81. The molecule has 2 aromatic rings. The molecule has 1 atom stereocenters. The first kappa shape index (κ1) is 27.8. The van der Waals surface area contributed by atoms with Crippen LogP contribution in [0.15, 0.2) is 53.4 Å². The van der Waals surface area contributed by atoms with Gasteiger partial charge in [0.2, 0.25) is 15.9 Å². The van der Waals surface area contributed by atoms with Crippen molar-refractivity contribution in [2.45, 2.75) is 23.8 Å². The van der Waals surface area contributed by atoms with Gasteiger partial charge in [-0.1, -0.05) is 12.1 Å². The SMILES string of the molecule is Br.COc1ccccc1S(=O)(=O)N[C@@H](CCCNC(=N)N)C(=O)Nc1ccc([N+](=O)[O-])cc1. The first-order valence-electron chi connectivity index (χ1n) is 9.42. The van der Waals surface area contributed by atoms with Gasteiger partial charge in [-0.3, -0.25) is 20.3 Å². The van der Waals surface area contributed by atoms with Crippen LogP contribution >= 0.6 is 17.0 Å². The first-order chi connectivity index (χ1) is 15.1. The molecule has 0 heterocycles. The molecule has 0 saturated heterocycles. The maximum Gasteiger partial charge on any atom is 0.269 e. The molecule has 33 heavy (non-hydrogen) atoms. The fourth-order valence-corrected chi connectivity index (χ4v) is 4.16. The molecule has 0 fully saturated rings. The summed E-state index contributed by atoms with van der Waals surface area (Å²) in [4.78, 5) is 22.9. The number of methoxy groups -OCH3 is 1. The molecule has 0 radical (unpaired) electrons. The second-order valence-corrected chi connectivity index (χ2v) is 8.28. The van der Waals surface area contributed by atoms with E-state index in [-0.39, 0.29) is 57.9 Å². The highest BCUT2D eigenvalue weighted by atomic mass is 79.9. The Hall–Kier alpha value is -3.23. The molecule has 12 nitrogen and oxygen atoms in total. The largest absolute Gasteiger partial charge is 0.495 e. The van der Waals surface area contributed by atoms with E-state index in [9.17, 15) is 23.3 Å². The number of rotatable bonds is 11. The minimum absolute atomic E-state index is 0. The van der Waals surface area contributed by atoms with E-state index < -0.39 is 26.9 Å². The molecule has 2 aromatic carbocycles. The van der Waals surface area contributed by atoms with Gasteiger partial charge < -0.3 is 21.1 Å². The summed E-state index contributed by atoms with van der Waals surface area (Å²) >= 11 is 0. The van der Waals surface area contributed by atoms with Gasteiger partial charge in [0.15, 0.2) is 5.96 Å². The van der Waals surface area contributed by atoms with E-state index in [0.29, 0.717) is 6.42 Å². The van der Waals surface area contributed by atoms with E-state index in [0.717, 1.165) is 0 Å². The average Bonchev–Trinajstić information content (AvgIpc) is 2.75. The molecule has 6 N–H and O–H groups in total. The summed E-state index contributed by atoms with van der Waals surface area (Å²) in [5.74, 6) is -0.778. The zero-order valence-corrected chi connectivity index (χ0v) is 20.1. The molecule has 0 bridgehead atoms. The van der Waals surface area contributed by atoms with Gasteiger partial charge in [0.05, 0.1) is 12.0 Å². The van der Waals surface area contributed by atoms with Gasteiger partial charge in [-0.25, -0.2) is 8.42 Å². The monoisotopic (exact) mass is 544 g/mol. The number of para-hydroxylation sites is 1. The molecular formula is C19H25BrN6O6S. The Kier molecular flexibility index (Phi) is 10.7. The smallest absolute Gasteiger partial charge is 0.269 e. The van der Waals surface area contributed by atoms with Crippen LogP contribution in [0.4, 0.5) is 11.4 Å². The summed E-state index contributed by atoms with van der Waals surface area (Å²) < 4.78 is 33.3. The number of nitro benzene ring substituents is 1. The quantitative estimate of drug-likeness (QED) is 0.0927. The van der Waals surface area contributed by atoms with Gasteiger partial charge >= 0.3 is 0 Å². The molecule has 2 rings (SSSR count). The molecule has 0 spiro atoms. The number of hydrogen-bond acceptors (Lipinski definition) is 7. The van der Waals surface area contributed by atoms with Gasteiger partial charge in [-0.15, -0.1) is 17.0 Å². The van der Waals surface area contributed by atoms with Crippen molar-refractivity contribution in [3.05, 3.63) is 58.6 Å². The Morgan fingerprint density at radius 2 is 1.85 bits per heavy atom. The van der Waals surface area contributed by atoms with Gasteiger partial charge in [-0.2, -0.15) is 4.72 Å². The lowest BCUT2D eigenvalue weighted by molar-refractivity contribution is -0.384.